The first-order chi connectivity index (χ1) is 8.99. The average molecular weight is 269 g/mol. The van der Waals surface area contributed by atoms with Crippen LogP contribution in [0.15, 0.2) is 18.3 Å². The third kappa shape index (κ3) is 2.51. The van der Waals surface area contributed by atoms with Crippen LogP contribution < -0.4 is 5.32 Å². The number of H-pyrrole nitrogens is 1. The number of nitro benzene ring substituents is 1. The normalized spacial score (nSPS) is 10.2. The van der Waals surface area contributed by atoms with E-state index in [0.29, 0.717) is 12.1 Å². The van der Waals surface area contributed by atoms with E-state index in [9.17, 15) is 23.7 Å². The third-order valence-electron chi connectivity index (χ3n) is 2.13. The first kappa shape index (κ1) is 12.5. The van der Waals surface area contributed by atoms with Gasteiger partial charge in [-0.2, -0.15) is 19.8 Å². The Labute approximate surface area is 103 Å². The Balaban J connectivity index is 2.32. The maximum Gasteiger partial charge on any atom is 0.307 e. The van der Waals surface area contributed by atoms with Crippen molar-refractivity contribution in [2.45, 2.75) is 0 Å². The summed E-state index contributed by atoms with van der Waals surface area (Å²) in [5.74, 6) is -3.31. The van der Waals surface area contributed by atoms with Crippen LogP contribution in [-0.2, 0) is 0 Å². The van der Waals surface area contributed by atoms with Crippen LogP contribution in [0.25, 0.3) is 0 Å². The van der Waals surface area contributed by atoms with E-state index in [0.717, 1.165) is 6.20 Å². The fourth-order valence-electron chi connectivity index (χ4n) is 1.27. The van der Waals surface area contributed by atoms with Crippen molar-refractivity contribution in [2.75, 3.05) is 5.32 Å². The average Bonchev–Trinajstić information content (AvgIpc) is 2.85. The summed E-state index contributed by atoms with van der Waals surface area (Å²) in [7, 11) is 0. The number of halogens is 2. The topological polar surface area (TPSA) is 114 Å². The molecule has 0 bridgehead atoms. The minimum atomic E-state index is -1.33. The Morgan fingerprint density at radius 3 is 2.68 bits per heavy atom. The van der Waals surface area contributed by atoms with Crippen molar-refractivity contribution in [1.82, 2.24) is 15.4 Å². The van der Waals surface area contributed by atoms with E-state index in [4.69, 9.17) is 0 Å². The van der Waals surface area contributed by atoms with Crippen LogP contribution in [0, 0.1) is 21.7 Å². The van der Waals surface area contributed by atoms with Gasteiger partial charge in [0.25, 0.3) is 5.91 Å². The Morgan fingerprint density at radius 1 is 1.37 bits per heavy atom. The summed E-state index contributed by atoms with van der Waals surface area (Å²) in [5.41, 5.74) is -1.62. The molecule has 0 aliphatic rings. The maximum absolute atomic E-state index is 13.4. The van der Waals surface area contributed by atoms with E-state index in [1.54, 1.807) is 0 Å². The largest absolute Gasteiger partial charge is 0.318 e. The summed E-state index contributed by atoms with van der Waals surface area (Å²) in [6, 6.07) is 0.902. The molecule has 0 spiro atoms. The number of carbonyl (C=O) groups is 1. The molecule has 2 rings (SSSR count). The van der Waals surface area contributed by atoms with Crippen molar-refractivity contribution in [3.05, 3.63) is 45.8 Å². The molecule has 8 nitrogen and oxygen atoms in total. The number of nitrogens with one attached hydrogen (secondary N) is 2. The number of amides is 1. The van der Waals surface area contributed by atoms with Crippen LogP contribution in [0.4, 0.5) is 20.2 Å². The van der Waals surface area contributed by atoms with E-state index < -0.39 is 33.8 Å². The first-order valence-electron chi connectivity index (χ1n) is 4.79. The highest BCUT2D eigenvalue weighted by Crippen LogP contribution is 2.25. The molecule has 2 N–H and O–H groups in total. The molecule has 98 valence electrons. The van der Waals surface area contributed by atoms with Gasteiger partial charge >= 0.3 is 5.69 Å². The number of hydrogen-bond donors (Lipinski definition) is 2. The summed E-state index contributed by atoms with van der Waals surface area (Å²) in [4.78, 5) is 21.0. The van der Waals surface area contributed by atoms with Gasteiger partial charge in [0.2, 0.25) is 5.82 Å². The quantitative estimate of drug-likeness (QED) is 0.642. The lowest BCUT2D eigenvalue weighted by Gasteiger charge is -2.04. The second-order valence-corrected chi connectivity index (χ2v) is 3.35. The highest BCUT2D eigenvalue weighted by atomic mass is 19.1. The zero-order valence-corrected chi connectivity index (χ0v) is 9.05. The van der Waals surface area contributed by atoms with E-state index in [-0.39, 0.29) is 5.69 Å². The zero-order chi connectivity index (χ0) is 14.0. The summed E-state index contributed by atoms with van der Waals surface area (Å²) in [6.07, 6.45) is 1.07. The molecule has 0 unspecified atom stereocenters. The SMILES string of the molecule is O=C(Nc1cc([N+](=O)[O-])c(F)cc1F)c1cn[nH]n1. The van der Waals surface area contributed by atoms with E-state index in [1.807, 2.05) is 5.32 Å². The lowest BCUT2D eigenvalue weighted by Crippen LogP contribution is -2.14. The van der Waals surface area contributed by atoms with E-state index in [2.05, 4.69) is 15.4 Å². The van der Waals surface area contributed by atoms with Crippen LogP contribution in [0.1, 0.15) is 10.5 Å². The molecule has 0 aliphatic heterocycles. The predicted molar refractivity (Wildman–Crippen MR) is 57.3 cm³/mol. The molecule has 1 heterocycles. The molecule has 0 saturated carbocycles. The van der Waals surface area contributed by atoms with Gasteiger partial charge in [-0.1, -0.05) is 0 Å². The minimum absolute atomic E-state index is 0.147. The molecular weight excluding hydrogens is 264 g/mol. The summed E-state index contributed by atoms with van der Waals surface area (Å²) in [5, 5.41) is 21.5. The molecule has 10 heteroatoms. The number of nitro groups is 1. The van der Waals surface area contributed by atoms with Crippen LogP contribution in [0.5, 0.6) is 0 Å². The Hall–Kier alpha value is -2.91. The standard InChI is InChI=1S/C9H5F2N5O3/c10-4-1-5(11)8(16(18)19)2-6(4)13-9(17)7-3-12-15-14-7/h1-3H,(H,13,17)(H,12,14,15). The van der Waals surface area contributed by atoms with E-state index in [1.165, 1.54) is 0 Å². The summed E-state index contributed by atoms with van der Waals surface area (Å²) < 4.78 is 26.4. The van der Waals surface area contributed by atoms with Gasteiger partial charge < -0.3 is 5.32 Å². The third-order valence-corrected chi connectivity index (χ3v) is 2.13. The van der Waals surface area contributed by atoms with Crippen LogP contribution in [0.2, 0.25) is 0 Å². The smallest absolute Gasteiger partial charge is 0.307 e. The summed E-state index contributed by atoms with van der Waals surface area (Å²) >= 11 is 0. The molecule has 1 aromatic heterocycles. The first-order valence-corrected chi connectivity index (χ1v) is 4.79. The molecule has 0 saturated heterocycles. The zero-order valence-electron chi connectivity index (χ0n) is 9.05. The van der Waals surface area contributed by atoms with Gasteiger partial charge in [-0.25, -0.2) is 4.39 Å². The van der Waals surface area contributed by atoms with Gasteiger partial charge in [0, 0.05) is 12.1 Å². The number of aromatic nitrogens is 3. The molecular formula is C9H5F2N5O3. The Morgan fingerprint density at radius 2 is 2.11 bits per heavy atom. The number of aromatic amines is 1. The van der Waals surface area contributed by atoms with Crippen molar-refractivity contribution in [3.8, 4) is 0 Å². The minimum Gasteiger partial charge on any atom is -0.318 e. The number of rotatable bonds is 3. The second kappa shape index (κ2) is 4.76. The van der Waals surface area contributed by atoms with Gasteiger partial charge in [0.1, 0.15) is 5.82 Å². The Bertz CT molecular complexity index is 644. The predicted octanol–water partition coefficient (Wildman–Crippen LogP) is 1.24. The molecule has 19 heavy (non-hydrogen) atoms. The number of anilines is 1. The fraction of sp³-hybridized carbons (Fsp3) is 0. The van der Waals surface area contributed by atoms with Gasteiger partial charge in [0.05, 0.1) is 16.8 Å². The molecule has 0 atom stereocenters. The van der Waals surface area contributed by atoms with Gasteiger partial charge in [-0.15, -0.1) is 0 Å². The van der Waals surface area contributed by atoms with Crippen molar-refractivity contribution in [2.24, 2.45) is 0 Å². The summed E-state index contributed by atoms with van der Waals surface area (Å²) in [6.45, 7) is 0. The molecule has 0 aliphatic carbocycles. The molecule has 0 fully saturated rings. The Kier molecular flexibility index (Phi) is 3.14. The fourth-order valence-corrected chi connectivity index (χ4v) is 1.27. The number of benzene rings is 1. The number of hydrogen-bond acceptors (Lipinski definition) is 5. The lowest BCUT2D eigenvalue weighted by atomic mass is 10.2. The van der Waals surface area contributed by atoms with Crippen molar-refractivity contribution < 1.29 is 18.5 Å². The molecule has 0 radical (unpaired) electrons. The van der Waals surface area contributed by atoms with Gasteiger partial charge in [-0.3, -0.25) is 14.9 Å². The highest BCUT2D eigenvalue weighted by Gasteiger charge is 2.20. The molecule has 2 aromatic rings. The van der Waals surface area contributed by atoms with Crippen molar-refractivity contribution >= 4 is 17.3 Å². The highest BCUT2D eigenvalue weighted by molar-refractivity contribution is 6.02. The van der Waals surface area contributed by atoms with Gasteiger partial charge in [-0.05, 0) is 0 Å². The van der Waals surface area contributed by atoms with Crippen molar-refractivity contribution in [3.63, 3.8) is 0 Å². The van der Waals surface area contributed by atoms with Crippen LogP contribution in [0.3, 0.4) is 0 Å². The monoisotopic (exact) mass is 269 g/mol. The lowest BCUT2D eigenvalue weighted by molar-refractivity contribution is -0.387. The molecule has 1 aromatic carbocycles. The van der Waals surface area contributed by atoms with E-state index >= 15 is 0 Å². The molecule has 1 amide bonds. The van der Waals surface area contributed by atoms with Gasteiger partial charge in [0.15, 0.2) is 5.69 Å². The number of carbonyl (C=O) groups excluding carboxylic acids is 1. The van der Waals surface area contributed by atoms with Crippen molar-refractivity contribution in [1.29, 1.82) is 0 Å². The van der Waals surface area contributed by atoms with Crippen LogP contribution >= 0.6 is 0 Å². The van der Waals surface area contributed by atoms with Crippen LogP contribution in [-0.4, -0.2) is 26.2 Å². The maximum atomic E-state index is 13.4. The number of nitrogens with zero attached hydrogens (tertiary/aromatic N) is 3. The second-order valence-electron chi connectivity index (χ2n) is 3.35.